The number of nitrogens with zero attached hydrogens (tertiary/aromatic N) is 1. The number of ether oxygens (including phenoxy) is 1. The van der Waals surface area contributed by atoms with Gasteiger partial charge in [-0.05, 0) is 47.0 Å². The van der Waals surface area contributed by atoms with E-state index in [2.05, 4.69) is 36.7 Å². The Bertz CT molecular complexity index is 1100. The predicted molar refractivity (Wildman–Crippen MR) is 121 cm³/mol. The molecule has 6 heteroatoms. The van der Waals surface area contributed by atoms with Crippen LogP contribution in [0, 0.1) is 5.41 Å². The lowest BCUT2D eigenvalue weighted by Gasteiger charge is -2.24. The first-order chi connectivity index (χ1) is 14.3. The topological polar surface area (TPSA) is 60.3 Å². The fraction of sp³-hybridized carbons (Fsp3) is 0.333. The van der Waals surface area contributed by atoms with Gasteiger partial charge in [0.1, 0.15) is 11.4 Å². The third kappa shape index (κ3) is 3.67. The number of rotatable bonds is 5. The molecule has 0 spiro atoms. The number of carbonyl (C=O) groups excluding carboxylic acids is 2. The number of fused-ring (bicyclic) bond motifs is 3. The van der Waals surface area contributed by atoms with Crippen molar-refractivity contribution in [3.8, 4) is 27.4 Å². The molecule has 4 rings (SSSR count). The van der Waals surface area contributed by atoms with Crippen LogP contribution in [0.1, 0.15) is 47.2 Å². The van der Waals surface area contributed by atoms with Crippen LogP contribution in [0.25, 0.3) is 21.7 Å². The van der Waals surface area contributed by atoms with Gasteiger partial charge in [-0.2, -0.15) is 0 Å². The van der Waals surface area contributed by atoms with E-state index in [0.29, 0.717) is 30.1 Å². The molecule has 0 unspecified atom stereocenters. The minimum absolute atomic E-state index is 0.00553. The molecule has 0 aliphatic carbocycles. The molecule has 2 aromatic heterocycles. The number of hydrogen-bond donors (Lipinski definition) is 1. The van der Waals surface area contributed by atoms with E-state index in [4.69, 9.17) is 4.74 Å². The first kappa shape index (κ1) is 20.4. The highest BCUT2D eigenvalue weighted by atomic mass is 32.1. The van der Waals surface area contributed by atoms with Crippen molar-refractivity contribution in [2.24, 2.45) is 5.41 Å². The molecule has 0 atom stereocenters. The van der Waals surface area contributed by atoms with Crippen molar-refractivity contribution in [1.29, 1.82) is 0 Å². The third-order valence-electron chi connectivity index (χ3n) is 5.34. The summed E-state index contributed by atoms with van der Waals surface area (Å²) >= 11 is 1.64. The smallest absolute Gasteiger partial charge is 0.267 e. The Balaban J connectivity index is 1.88. The van der Waals surface area contributed by atoms with Gasteiger partial charge >= 0.3 is 0 Å². The minimum atomic E-state index is -0.0680. The second-order valence-corrected chi connectivity index (χ2v) is 9.73. The maximum atomic E-state index is 13.1. The average Bonchev–Trinajstić information content (AvgIpc) is 3.38. The number of hydrogen-bond acceptors (Lipinski definition) is 4. The zero-order valence-corrected chi connectivity index (χ0v) is 18.6. The Labute approximate surface area is 180 Å². The number of thiophene rings is 1. The standard InChI is InChI=1S/C24H26N2O3S/c1-24(2,3)14-25-23(28)19-12-18(21-6-5-9-30-21)22-17-10-16(13-27)20(29-4)11-15(17)7-8-26(19)22/h5-6,9-13H,7-8,14H2,1-4H3,(H,25,28). The van der Waals surface area contributed by atoms with Crippen LogP contribution >= 0.6 is 11.3 Å². The fourth-order valence-corrected chi connectivity index (χ4v) is 4.63. The van der Waals surface area contributed by atoms with Gasteiger partial charge in [0.25, 0.3) is 5.91 Å². The van der Waals surface area contributed by atoms with E-state index >= 15 is 0 Å². The molecule has 30 heavy (non-hydrogen) atoms. The summed E-state index contributed by atoms with van der Waals surface area (Å²) in [5.74, 6) is 0.520. The van der Waals surface area contributed by atoms with Gasteiger partial charge in [0.2, 0.25) is 0 Å². The lowest BCUT2D eigenvalue weighted by atomic mass is 9.93. The number of carbonyl (C=O) groups is 2. The van der Waals surface area contributed by atoms with Gasteiger partial charge in [0.05, 0.1) is 18.4 Å². The Morgan fingerprint density at radius 2 is 2.07 bits per heavy atom. The highest BCUT2D eigenvalue weighted by Gasteiger charge is 2.28. The summed E-state index contributed by atoms with van der Waals surface area (Å²) in [6.07, 6.45) is 1.60. The van der Waals surface area contributed by atoms with Crippen molar-refractivity contribution < 1.29 is 14.3 Å². The summed E-state index contributed by atoms with van der Waals surface area (Å²) in [7, 11) is 1.58. The fourth-order valence-electron chi connectivity index (χ4n) is 3.88. The van der Waals surface area contributed by atoms with Crippen molar-refractivity contribution >= 4 is 23.5 Å². The maximum Gasteiger partial charge on any atom is 0.267 e. The van der Waals surface area contributed by atoms with Gasteiger partial charge in [-0.25, -0.2) is 0 Å². The number of amides is 1. The second kappa shape index (κ2) is 7.76. The van der Waals surface area contributed by atoms with E-state index in [1.165, 1.54) is 0 Å². The van der Waals surface area contributed by atoms with Crippen LogP contribution < -0.4 is 10.1 Å². The van der Waals surface area contributed by atoms with E-state index in [9.17, 15) is 9.59 Å². The summed E-state index contributed by atoms with van der Waals surface area (Å²) in [6, 6.07) is 9.90. The minimum Gasteiger partial charge on any atom is -0.496 e. The Morgan fingerprint density at radius 3 is 2.70 bits per heavy atom. The number of benzene rings is 1. The molecule has 0 saturated heterocycles. The van der Waals surface area contributed by atoms with Crippen LogP contribution in [-0.2, 0) is 13.0 Å². The first-order valence-electron chi connectivity index (χ1n) is 10.0. The quantitative estimate of drug-likeness (QED) is 0.586. The molecular weight excluding hydrogens is 396 g/mol. The normalized spacial score (nSPS) is 12.8. The van der Waals surface area contributed by atoms with Gasteiger partial charge in [-0.1, -0.05) is 26.8 Å². The van der Waals surface area contributed by atoms with Crippen molar-refractivity contribution in [3.05, 3.63) is 52.5 Å². The van der Waals surface area contributed by atoms with Gasteiger partial charge in [0.15, 0.2) is 6.29 Å². The number of aryl methyl sites for hydroxylation is 1. The Kier molecular flexibility index (Phi) is 5.28. The molecule has 0 fully saturated rings. The van der Waals surface area contributed by atoms with E-state index in [-0.39, 0.29) is 11.3 Å². The van der Waals surface area contributed by atoms with Crippen LogP contribution in [0.15, 0.2) is 35.7 Å². The molecular formula is C24H26N2O3S. The molecule has 0 radical (unpaired) electrons. The van der Waals surface area contributed by atoms with Crippen molar-refractivity contribution in [1.82, 2.24) is 9.88 Å². The third-order valence-corrected chi connectivity index (χ3v) is 6.24. The molecule has 1 aliphatic heterocycles. The average molecular weight is 423 g/mol. The Morgan fingerprint density at radius 1 is 1.27 bits per heavy atom. The monoisotopic (exact) mass is 422 g/mol. The number of methoxy groups -OCH3 is 1. The maximum absolute atomic E-state index is 13.1. The zero-order valence-electron chi connectivity index (χ0n) is 17.7. The zero-order chi connectivity index (χ0) is 21.5. The summed E-state index contributed by atoms with van der Waals surface area (Å²) in [4.78, 5) is 25.8. The molecule has 0 bridgehead atoms. The van der Waals surface area contributed by atoms with Crippen molar-refractivity contribution in [2.45, 2.75) is 33.7 Å². The highest BCUT2D eigenvalue weighted by Crippen LogP contribution is 2.43. The summed E-state index contributed by atoms with van der Waals surface area (Å²) in [6.45, 7) is 7.60. The molecule has 0 saturated carbocycles. The van der Waals surface area contributed by atoms with Crippen LogP contribution in [-0.4, -0.2) is 30.4 Å². The van der Waals surface area contributed by atoms with Crippen LogP contribution in [0.5, 0.6) is 5.75 Å². The van der Waals surface area contributed by atoms with Gasteiger partial charge in [-0.3, -0.25) is 9.59 Å². The second-order valence-electron chi connectivity index (χ2n) is 8.78. The molecule has 3 heterocycles. The molecule has 3 aromatic rings. The number of aldehydes is 1. The van der Waals surface area contributed by atoms with E-state index < -0.39 is 0 Å². The van der Waals surface area contributed by atoms with E-state index in [1.54, 1.807) is 18.4 Å². The van der Waals surface area contributed by atoms with E-state index in [1.807, 2.05) is 29.6 Å². The lowest BCUT2D eigenvalue weighted by Crippen LogP contribution is -2.33. The molecule has 156 valence electrons. The largest absolute Gasteiger partial charge is 0.496 e. The van der Waals surface area contributed by atoms with Crippen molar-refractivity contribution in [2.75, 3.05) is 13.7 Å². The van der Waals surface area contributed by atoms with Crippen LogP contribution in [0.2, 0.25) is 0 Å². The molecule has 1 aromatic carbocycles. The highest BCUT2D eigenvalue weighted by molar-refractivity contribution is 7.13. The van der Waals surface area contributed by atoms with Gasteiger partial charge < -0.3 is 14.6 Å². The first-order valence-corrected chi connectivity index (χ1v) is 10.9. The summed E-state index contributed by atoms with van der Waals surface area (Å²) < 4.78 is 7.49. The van der Waals surface area contributed by atoms with Crippen molar-refractivity contribution in [3.63, 3.8) is 0 Å². The van der Waals surface area contributed by atoms with Gasteiger partial charge in [0, 0.05) is 29.1 Å². The van der Waals surface area contributed by atoms with Crippen LogP contribution in [0.3, 0.4) is 0 Å². The van der Waals surface area contributed by atoms with Gasteiger partial charge in [-0.15, -0.1) is 11.3 Å². The molecule has 1 aliphatic rings. The summed E-state index contributed by atoms with van der Waals surface area (Å²) in [5.41, 5.74) is 5.31. The SMILES string of the molecule is COc1cc2c(cc1C=O)-c1c(-c3cccs3)cc(C(=O)NCC(C)(C)C)n1CC2. The number of nitrogens with one attached hydrogen (secondary N) is 1. The predicted octanol–water partition coefficient (Wildman–Crippen LogP) is 5.04. The number of aromatic nitrogens is 1. The molecule has 5 nitrogen and oxygen atoms in total. The Hall–Kier alpha value is -2.86. The molecule has 1 amide bonds. The molecule has 1 N–H and O–H groups in total. The van der Waals surface area contributed by atoms with Crippen LogP contribution in [0.4, 0.5) is 0 Å². The summed E-state index contributed by atoms with van der Waals surface area (Å²) in [5, 5.41) is 5.11. The lowest BCUT2D eigenvalue weighted by molar-refractivity contribution is 0.0929. The van der Waals surface area contributed by atoms with E-state index in [0.717, 1.165) is 40.0 Å².